The number of thiophene rings is 1. The predicted octanol–water partition coefficient (Wildman–Crippen LogP) is 4.04. The molecule has 0 unspecified atom stereocenters. The van der Waals surface area contributed by atoms with E-state index in [1.807, 2.05) is 18.4 Å². The zero-order valence-electron chi connectivity index (χ0n) is 13.1. The zero-order chi connectivity index (χ0) is 16.7. The molecule has 0 atom stereocenters. The lowest BCUT2D eigenvalue weighted by atomic mass is 10.2. The van der Waals surface area contributed by atoms with E-state index in [4.69, 9.17) is 4.98 Å². The van der Waals surface area contributed by atoms with E-state index in [2.05, 4.69) is 4.98 Å². The zero-order valence-corrected chi connectivity index (χ0v) is 14.8. The standard InChI is InChI=1S/C18H16N2O2S2/c1-23-14(9-10-4-2-5-11(21)8-10)16-19-17(22)15-12-6-3-7-13(12)24-18(15)20-16/h2,4-5,8-9,21H,3,6-7H2,1H3,(H,19,20,22)/b14-9-. The van der Waals surface area contributed by atoms with Crippen molar-refractivity contribution in [3.8, 4) is 5.75 Å². The molecule has 1 aromatic carbocycles. The number of fused-ring (bicyclic) bond motifs is 3. The van der Waals surface area contributed by atoms with Gasteiger partial charge in [-0.25, -0.2) is 4.98 Å². The number of phenolic OH excluding ortho intramolecular Hbond substituents is 1. The van der Waals surface area contributed by atoms with E-state index in [1.54, 1.807) is 29.5 Å². The first-order chi connectivity index (χ1) is 11.7. The third kappa shape index (κ3) is 2.65. The van der Waals surface area contributed by atoms with Crippen LogP contribution in [0.2, 0.25) is 0 Å². The monoisotopic (exact) mass is 356 g/mol. The molecule has 2 aromatic heterocycles. The number of aromatic amines is 1. The van der Waals surface area contributed by atoms with E-state index < -0.39 is 0 Å². The van der Waals surface area contributed by atoms with Crippen LogP contribution in [0.1, 0.15) is 28.2 Å². The Balaban J connectivity index is 1.84. The summed E-state index contributed by atoms with van der Waals surface area (Å²) in [5, 5.41) is 10.4. The second-order valence-electron chi connectivity index (χ2n) is 5.76. The molecule has 24 heavy (non-hydrogen) atoms. The van der Waals surface area contributed by atoms with Gasteiger partial charge in [-0.1, -0.05) is 12.1 Å². The minimum Gasteiger partial charge on any atom is -0.508 e. The van der Waals surface area contributed by atoms with Crippen molar-refractivity contribution in [1.29, 1.82) is 0 Å². The number of H-pyrrole nitrogens is 1. The van der Waals surface area contributed by atoms with Crippen LogP contribution in [0.25, 0.3) is 21.2 Å². The number of benzene rings is 1. The van der Waals surface area contributed by atoms with Crippen LogP contribution in [-0.4, -0.2) is 21.3 Å². The maximum atomic E-state index is 12.6. The van der Waals surface area contributed by atoms with E-state index in [0.717, 1.165) is 39.9 Å². The van der Waals surface area contributed by atoms with Gasteiger partial charge in [-0.15, -0.1) is 23.1 Å². The van der Waals surface area contributed by atoms with Crippen LogP contribution in [0, 0.1) is 0 Å². The fourth-order valence-electron chi connectivity index (χ4n) is 3.11. The molecule has 1 aliphatic carbocycles. The molecule has 0 bridgehead atoms. The van der Waals surface area contributed by atoms with Crippen molar-refractivity contribution in [3.05, 3.63) is 56.4 Å². The third-order valence-corrected chi connectivity index (χ3v) is 6.13. The number of nitrogens with zero attached hydrogens (tertiary/aromatic N) is 1. The van der Waals surface area contributed by atoms with Crippen LogP contribution in [0.4, 0.5) is 0 Å². The van der Waals surface area contributed by atoms with Gasteiger partial charge in [-0.3, -0.25) is 4.79 Å². The van der Waals surface area contributed by atoms with E-state index in [1.165, 1.54) is 22.2 Å². The minimum atomic E-state index is -0.0507. The Morgan fingerprint density at radius 3 is 3.08 bits per heavy atom. The van der Waals surface area contributed by atoms with Gasteiger partial charge in [0.25, 0.3) is 5.56 Å². The van der Waals surface area contributed by atoms with Crippen LogP contribution in [0.3, 0.4) is 0 Å². The van der Waals surface area contributed by atoms with Crippen LogP contribution in [0.5, 0.6) is 5.75 Å². The van der Waals surface area contributed by atoms with Crippen molar-refractivity contribution in [3.63, 3.8) is 0 Å². The molecule has 0 aliphatic heterocycles. The fourth-order valence-corrected chi connectivity index (χ4v) is 4.91. The van der Waals surface area contributed by atoms with Gasteiger partial charge < -0.3 is 10.1 Å². The summed E-state index contributed by atoms with van der Waals surface area (Å²) < 4.78 is 0. The van der Waals surface area contributed by atoms with Crippen LogP contribution >= 0.6 is 23.1 Å². The van der Waals surface area contributed by atoms with Crippen molar-refractivity contribution in [2.45, 2.75) is 19.3 Å². The molecule has 0 saturated carbocycles. The molecule has 4 rings (SSSR count). The van der Waals surface area contributed by atoms with E-state index >= 15 is 0 Å². The second kappa shape index (κ2) is 6.11. The molecule has 122 valence electrons. The molecule has 0 radical (unpaired) electrons. The highest BCUT2D eigenvalue weighted by Crippen LogP contribution is 2.35. The fraction of sp³-hybridized carbons (Fsp3) is 0.222. The second-order valence-corrected chi connectivity index (χ2v) is 7.69. The maximum Gasteiger partial charge on any atom is 0.260 e. The van der Waals surface area contributed by atoms with Crippen LogP contribution < -0.4 is 5.56 Å². The molecule has 0 fully saturated rings. The molecule has 4 nitrogen and oxygen atoms in total. The summed E-state index contributed by atoms with van der Waals surface area (Å²) in [7, 11) is 0. The number of rotatable bonds is 3. The average Bonchev–Trinajstić information content (AvgIpc) is 3.12. The van der Waals surface area contributed by atoms with Crippen molar-refractivity contribution < 1.29 is 5.11 Å². The first-order valence-corrected chi connectivity index (χ1v) is 9.79. The highest BCUT2D eigenvalue weighted by atomic mass is 32.2. The highest BCUT2D eigenvalue weighted by Gasteiger charge is 2.21. The average molecular weight is 356 g/mol. The number of hydrogen-bond acceptors (Lipinski definition) is 5. The predicted molar refractivity (Wildman–Crippen MR) is 102 cm³/mol. The van der Waals surface area contributed by atoms with Crippen molar-refractivity contribution >= 4 is 44.3 Å². The number of phenols is 1. The van der Waals surface area contributed by atoms with Gasteiger partial charge in [0.05, 0.1) is 10.3 Å². The molecule has 1 aliphatic rings. The molecular weight excluding hydrogens is 340 g/mol. The van der Waals surface area contributed by atoms with Crippen LogP contribution in [-0.2, 0) is 12.8 Å². The molecule has 2 heterocycles. The Bertz CT molecular complexity index is 1020. The maximum absolute atomic E-state index is 12.6. The number of aromatic nitrogens is 2. The van der Waals surface area contributed by atoms with Gasteiger partial charge >= 0.3 is 0 Å². The first-order valence-electron chi connectivity index (χ1n) is 7.75. The third-order valence-electron chi connectivity index (χ3n) is 4.20. The summed E-state index contributed by atoms with van der Waals surface area (Å²) in [6.45, 7) is 0. The van der Waals surface area contributed by atoms with Crippen molar-refractivity contribution in [2.75, 3.05) is 6.26 Å². The first kappa shape index (κ1) is 15.5. The van der Waals surface area contributed by atoms with Gasteiger partial charge in [-0.2, -0.15) is 0 Å². The summed E-state index contributed by atoms with van der Waals surface area (Å²) >= 11 is 3.17. The molecule has 0 saturated heterocycles. The Labute approximate surface area is 147 Å². The van der Waals surface area contributed by atoms with Gasteiger partial charge in [0.15, 0.2) is 0 Å². The van der Waals surface area contributed by atoms with E-state index in [0.29, 0.717) is 5.82 Å². The molecule has 0 spiro atoms. The summed E-state index contributed by atoms with van der Waals surface area (Å²) in [5.41, 5.74) is 2.01. The summed E-state index contributed by atoms with van der Waals surface area (Å²) in [5.74, 6) is 0.805. The number of nitrogens with one attached hydrogen (secondary N) is 1. The normalized spacial score (nSPS) is 14.3. The minimum absolute atomic E-state index is 0.0507. The Kier molecular flexibility index (Phi) is 3.94. The summed E-state index contributed by atoms with van der Waals surface area (Å²) in [4.78, 5) is 23.2. The lowest BCUT2D eigenvalue weighted by molar-refractivity contribution is 0.475. The SMILES string of the molecule is CS/C(=C\c1cccc(O)c1)c1nc2sc3c(c2c(=O)[nH]1)CCC3. The van der Waals surface area contributed by atoms with Gasteiger partial charge in [-0.05, 0) is 54.9 Å². The molecular formula is C18H16N2O2S2. The van der Waals surface area contributed by atoms with Gasteiger partial charge in [0.2, 0.25) is 0 Å². The largest absolute Gasteiger partial charge is 0.508 e. The highest BCUT2D eigenvalue weighted by molar-refractivity contribution is 8.07. The molecule has 0 amide bonds. The quantitative estimate of drug-likeness (QED) is 0.743. The van der Waals surface area contributed by atoms with E-state index in [-0.39, 0.29) is 11.3 Å². The Hall–Kier alpha value is -2.05. The number of thioether (sulfide) groups is 1. The molecule has 6 heteroatoms. The van der Waals surface area contributed by atoms with Crippen molar-refractivity contribution in [1.82, 2.24) is 9.97 Å². The Morgan fingerprint density at radius 2 is 2.29 bits per heavy atom. The number of aromatic hydroxyl groups is 1. The molecule has 2 N–H and O–H groups in total. The summed E-state index contributed by atoms with van der Waals surface area (Å²) in [6.07, 6.45) is 7.04. The van der Waals surface area contributed by atoms with Crippen LogP contribution in [0.15, 0.2) is 29.1 Å². The smallest absolute Gasteiger partial charge is 0.260 e. The topological polar surface area (TPSA) is 66.0 Å². The number of aryl methyl sites for hydroxylation is 2. The lowest BCUT2D eigenvalue weighted by Crippen LogP contribution is -2.11. The van der Waals surface area contributed by atoms with Gasteiger partial charge in [0, 0.05) is 4.88 Å². The Morgan fingerprint density at radius 1 is 1.42 bits per heavy atom. The number of hydrogen-bond donors (Lipinski definition) is 2. The van der Waals surface area contributed by atoms with Gasteiger partial charge in [0.1, 0.15) is 16.4 Å². The summed E-state index contributed by atoms with van der Waals surface area (Å²) in [6, 6.07) is 7.02. The van der Waals surface area contributed by atoms with E-state index in [9.17, 15) is 9.90 Å². The molecule has 3 aromatic rings. The van der Waals surface area contributed by atoms with Crippen molar-refractivity contribution in [2.24, 2.45) is 0 Å². The lowest BCUT2D eigenvalue weighted by Gasteiger charge is -2.05.